The summed E-state index contributed by atoms with van der Waals surface area (Å²) >= 11 is 3.44. The summed E-state index contributed by atoms with van der Waals surface area (Å²) in [4.78, 5) is 4.46. The van der Waals surface area contributed by atoms with Crippen LogP contribution in [-0.2, 0) is 6.42 Å². The van der Waals surface area contributed by atoms with Crippen molar-refractivity contribution in [2.24, 2.45) is 0 Å². The van der Waals surface area contributed by atoms with Crippen LogP contribution >= 0.6 is 15.9 Å². The van der Waals surface area contributed by atoms with Gasteiger partial charge in [0, 0.05) is 25.2 Å². The topological polar surface area (TPSA) is 29.9 Å². The van der Waals surface area contributed by atoms with E-state index in [0.29, 0.717) is 6.04 Å². The third-order valence-corrected chi connectivity index (χ3v) is 3.14. The van der Waals surface area contributed by atoms with Crippen molar-refractivity contribution in [3.63, 3.8) is 0 Å². The average Bonchev–Trinajstić information content (AvgIpc) is 2.61. The van der Waals surface area contributed by atoms with E-state index in [4.69, 9.17) is 0 Å². The van der Waals surface area contributed by atoms with E-state index in [1.54, 1.807) is 0 Å². The van der Waals surface area contributed by atoms with Gasteiger partial charge in [-0.2, -0.15) is 0 Å². The maximum atomic E-state index is 4.46. The fourth-order valence-corrected chi connectivity index (χ4v) is 2.47. The first-order chi connectivity index (χ1) is 6.81. The zero-order valence-corrected chi connectivity index (χ0v) is 10.0. The van der Waals surface area contributed by atoms with E-state index in [-0.39, 0.29) is 0 Å². The zero-order chi connectivity index (χ0) is 9.97. The number of imidazole rings is 1. The highest BCUT2D eigenvalue weighted by atomic mass is 79.9. The lowest BCUT2D eigenvalue weighted by Crippen LogP contribution is -2.32. The standard InChI is InChI=1S/C10H16BrN3/c1-2-10-13-9(11)7-14(10)8-4-3-5-12-6-8/h7-8,12H,2-6H2,1H3. The molecule has 0 aliphatic carbocycles. The van der Waals surface area contributed by atoms with Gasteiger partial charge < -0.3 is 9.88 Å². The van der Waals surface area contributed by atoms with Crippen molar-refractivity contribution >= 4 is 15.9 Å². The first kappa shape index (κ1) is 10.2. The fourth-order valence-electron chi connectivity index (χ4n) is 2.05. The molecule has 4 heteroatoms. The van der Waals surface area contributed by atoms with Gasteiger partial charge in [0.15, 0.2) is 0 Å². The molecule has 0 amide bonds. The van der Waals surface area contributed by atoms with E-state index < -0.39 is 0 Å². The van der Waals surface area contributed by atoms with Crippen molar-refractivity contribution in [1.82, 2.24) is 14.9 Å². The van der Waals surface area contributed by atoms with Crippen LogP contribution in [0.2, 0.25) is 0 Å². The van der Waals surface area contributed by atoms with Crippen LogP contribution in [0.1, 0.15) is 31.6 Å². The summed E-state index contributed by atoms with van der Waals surface area (Å²) in [6, 6.07) is 0.595. The molecule has 2 rings (SSSR count). The second-order valence-electron chi connectivity index (χ2n) is 3.74. The minimum absolute atomic E-state index is 0.595. The fraction of sp³-hybridized carbons (Fsp3) is 0.700. The average molecular weight is 258 g/mol. The molecule has 0 aromatic carbocycles. The predicted octanol–water partition coefficient (Wildman–Crippen LogP) is 2.13. The van der Waals surface area contributed by atoms with Gasteiger partial charge in [-0.05, 0) is 35.3 Å². The van der Waals surface area contributed by atoms with Gasteiger partial charge in [-0.25, -0.2) is 4.98 Å². The summed E-state index contributed by atoms with van der Waals surface area (Å²) in [5, 5.41) is 3.43. The van der Waals surface area contributed by atoms with Crippen molar-refractivity contribution in [2.45, 2.75) is 32.2 Å². The van der Waals surface area contributed by atoms with E-state index in [1.165, 1.54) is 18.7 Å². The number of hydrogen-bond donors (Lipinski definition) is 1. The third-order valence-electron chi connectivity index (χ3n) is 2.76. The van der Waals surface area contributed by atoms with Gasteiger partial charge in [0.1, 0.15) is 10.4 Å². The van der Waals surface area contributed by atoms with Gasteiger partial charge in [-0.15, -0.1) is 0 Å². The molecule has 0 radical (unpaired) electrons. The zero-order valence-electron chi connectivity index (χ0n) is 8.46. The van der Waals surface area contributed by atoms with Crippen LogP contribution in [0.15, 0.2) is 10.8 Å². The number of piperidine rings is 1. The lowest BCUT2D eigenvalue weighted by Gasteiger charge is -2.25. The SMILES string of the molecule is CCc1nc(Br)cn1C1CCCNC1. The molecular weight excluding hydrogens is 242 g/mol. The molecule has 1 atom stereocenters. The van der Waals surface area contributed by atoms with Gasteiger partial charge in [0.2, 0.25) is 0 Å². The van der Waals surface area contributed by atoms with Crippen molar-refractivity contribution in [2.75, 3.05) is 13.1 Å². The first-order valence-electron chi connectivity index (χ1n) is 5.25. The Hall–Kier alpha value is -0.350. The highest BCUT2D eigenvalue weighted by Gasteiger charge is 2.17. The maximum Gasteiger partial charge on any atom is 0.124 e. The molecule has 1 aromatic heterocycles. The molecule has 14 heavy (non-hydrogen) atoms. The Labute approximate surface area is 93.0 Å². The number of rotatable bonds is 2. The number of nitrogens with one attached hydrogen (secondary N) is 1. The van der Waals surface area contributed by atoms with Crippen LogP contribution in [-0.4, -0.2) is 22.6 Å². The van der Waals surface area contributed by atoms with Crippen LogP contribution in [0.4, 0.5) is 0 Å². The van der Waals surface area contributed by atoms with Crippen molar-refractivity contribution in [1.29, 1.82) is 0 Å². The molecule has 1 fully saturated rings. The summed E-state index contributed by atoms with van der Waals surface area (Å²) in [6.45, 7) is 4.39. The summed E-state index contributed by atoms with van der Waals surface area (Å²) in [5.74, 6) is 1.19. The smallest absolute Gasteiger partial charge is 0.124 e. The van der Waals surface area contributed by atoms with Gasteiger partial charge in [-0.1, -0.05) is 6.92 Å². The van der Waals surface area contributed by atoms with E-state index in [9.17, 15) is 0 Å². The molecule has 1 aliphatic heterocycles. The molecule has 0 saturated carbocycles. The highest BCUT2D eigenvalue weighted by molar-refractivity contribution is 9.10. The molecule has 1 unspecified atom stereocenters. The Morgan fingerprint density at radius 1 is 1.71 bits per heavy atom. The number of hydrogen-bond acceptors (Lipinski definition) is 2. The first-order valence-corrected chi connectivity index (χ1v) is 6.04. The predicted molar refractivity (Wildman–Crippen MR) is 60.4 cm³/mol. The lowest BCUT2D eigenvalue weighted by molar-refractivity contribution is 0.364. The monoisotopic (exact) mass is 257 g/mol. The van der Waals surface area contributed by atoms with Crippen LogP contribution in [0.25, 0.3) is 0 Å². The Balaban J connectivity index is 2.20. The van der Waals surface area contributed by atoms with Crippen molar-refractivity contribution in [3.8, 4) is 0 Å². The Morgan fingerprint density at radius 3 is 3.21 bits per heavy atom. The number of halogens is 1. The molecule has 3 nitrogen and oxygen atoms in total. The molecule has 0 spiro atoms. The molecule has 2 heterocycles. The van der Waals surface area contributed by atoms with Crippen molar-refractivity contribution < 1.29 is 0 Å². The van der Waals surface area contributed by atoms with Crippen molar-refractivity contribution in [3.05, 3.63) is 16.6 Å². The lowest BCUT2D eigenvalue weighted by atomic mass is 10.1. The Bertz CT molecular complexity index is 302. The van der Waals surface area contributed by atoms with Gasteiger partial charge in [-0.3, -0.25) is 0 Å². The quantitative estimate of drug-likeness (QED) is 0.880. The van der Waals surface area contributed by atoms with Crippen LogP contribution in [0.5, 0.6) is 0 Å². The largest absolute Gasteiger partial charge is 0.329 e. The van der Waals surface area contributed by atoms with E-state index in [0.717, 1.165) is 24.1 Å². The van der Waals surface area contributed by atoms with Crippen LogP contribution in [0.3, 0.4) is 0 Å². The number of aryl methyl sites for hydroxylation is 1. The van der Waals surface area contributed by atoms with Crippen LogP contribution < -0.4 is 5.32 Å². The van der Waals surface area contributed by atoms with E-state index in [2.05, 4.69) is 43.9 Å². The molecule has 78 valence electrons. The second kappa shape index (κ2) is 4.45. The van der Waals surface area contributed by atoms with Crippen LogP contribution in [0, 0.1) is 0 Å². The van der Waals surface area contributed by atoms with Gasteiger partial charge in [0.05, 0.1) is 0 Å². The number of aromatic nitrogens is 2. The van der Waals surface area contributed by atoms with Gasteiger partial charge >= 0.3 is 0 Å². The van der Waals surface area contributed by atoms with Gasteiger partial charge in [0.25, 0.3) is 0 Å². The summed E-state index contributed by atoms with van der Waals surface area (Å²) in [7, 11) is 0. The molecule has 1 aliphatic rings. The summed E-state index contributed by atoms with van der Waals surface area (Å²) < 4.78 is 3.27. The number of nitrogens with zero attached hydrogens (tertiary/aromatic N) is 2. The van der Waals surface area contributed by atoms with E-state index in [1.807, 2.05) is 0 Å². The molecule has 1 saturated heterocycles. The minimum atomic E-state index is 0.595. The maximum absolute atomic E-state index is 4.46. The second-order valence-corrected chi connectivity index (χ2v) is 4.55. The Kier molecular flexibility index (Phi) is 3.23. The summed E-state index contributed by atoms with van der Waals surface area (Å²) in [6.07, 6.45) is 5.64. The molecular formula is C10H16BrN3. The molecule has 0 bridgehead atoms. The summed E-state index contributed by atoms with van der Waals surface area (Å²) in [5.41, 5.74) is 0. The van der Waals surface area contributed by atoms with E-state index >= 15 is 0 Å². The highest BCUT2D eigenvalue weighted by Crippen LogP contribution is 2.21. The Morgan fingerprint density at radius 2 is 2.57 bits per heavy atom. The molecule has 1 aromatic rings. The normalized spacial score (nSPS) is 22.6. The minimum Gasteiger partial charge on any atom is -0.329 e. The molecule has 1 N–H and O–H groups in total. The third kappa shape index (κ3) is 2.01.